The average molecular weight is 273 g/mol. The van der Waals surface area contributed by atoms with Crippen molar-refractivity contribution >= 4 is 0 Å². The van der Waals surface area contributed by atoms with Gasteiger partial charge in [0.15, 0.2) is 0 Å². The van der Waals surface area contributed by atoms with Crippen LogP contribution < -0.4 is 5.73 Å². The van der Waals surface area contributed by atoms with Gasteiger partial charge in [0.1, 0.15) is 5.60 Å². The summed E-state index contributed by atoms with van der Waals surface area (Å²) in [7, 11) is 1.69. The smallest absolute Gasteiger partial charge is 0.244 e. The lowest BCUT2D eigenvalue weighted by Crippen LogP contribution is -2.37. The molecule has 1 fully saturated rings. The lowest BCUT2D eigenvalue weighted by atomic mass is 9.79. The summed E-state index contributed by atoms with van der Waals surface area (Å²) in [4.78, 5) is 4.44. The fraction of sp³-hybridized carbons (Fsp3) is 0.467. The molecular formula is C15H19N3O2. The molecule has 0 spiro atoms. The summed E-state index contributed by atoms with van der Waals surface area (Å²) in [6.07, 6.45) is 3.70. The number of benzene rings is 1. The average Bonchev–Trinajstić information content (AvgIpc) is 2.89. The Morgan fingerprint density at radius 1 is 1.35 bits per heavy atom. The highest BCUT2D eigenvalue weighted by atomic mass is 16.5. The first-order valence-corrected chi connectivity index (χ1v) is 6.92. The fourth-order valence-electron chi connectivity index (χ4n) is 2.54. The first-order valence-electron chi connectivity index (χ1n) is 6.92. The molecule has 5 nitrogen and oxygen atoms in total. The van der Waals surface area contributed by atoms with Crippen LogP contribution in [-0.2, 0) is 16.8 Å². The number of nitrogens with two attached hydrogens (primary N) is 1. The standard InChI is InChI=1S/C15H19N3O2/c1-19-15(8-5-9-15)14-17-13(20-18-14)12(16)10-11-6-3-2-4-7-11/h2-4,6-7,12H,5,8-10,16H2,1H3. The van der Waals surface area contributed by atoms with Crippen LogP contribution in [0.5, 0.6) is 0 Å². The van der Waals surface area contributed by atoms with Gasteiger partial charge in [0, 0.05) is 7.11 Å². The molecule has 1 aromatic carbocycles. The second kappa shape index (κ2) is 5.34. The van der Waals surface area contributed by atoms with Gasteiger partial charge < -0.3 is 15.0 Å². The van der Waals surface area contributed by atoms with Crippen LogP contribution in [0.3, 0.4) is 0 Å². The summed E-state index contributed by atoms with van der Waals surface area (Å²) in [5.41, 5.74) is 6.95. The molecular weight excluding hydrogens is 254 g/mol. The Hall–Kier alpha value is -1.72. The SMILES string of the molecule is COC1(c2noc(C(N)Cc3ccccc3)n2)CCC1. The summed E-state index contributed by atoms with van der Waals surface area (Å²) in [5, 5.41) is 4.05. The summed E-state index contributed by atoms with van der Waals surface area (Å²) >= 11 is 0. The van der Waals surface area contributed by atoms with E-state index in [0.29, 0.717) is 18.1 Å². The van der Waals surface area contributed by atoms with E-state index in [1.807, 2.05) is 30.3 Å². The van der Waals surface area contributed by atoms with Crippen molar-refractivity contribution in [3.05, 3.63) is 47.6 Å². The minimum absolute atomic E-state index is 0.285. The third-order valence-electron chi connectivity index (χ3n) is 4.02. The highest BCUT2D eigenvalue weighted by molar-refractivity contribution is 5.17. The molecule has 1 unspecified atom stereocenters. The molecule has 0 radical (unpaired) electrons. The largest absolute Gasteiger partial charge is 0.370 e. The molecule has 3 rings (SSSR count). The highest BCUT2D eigenvalue weighted by Crippen LogP contribution is 2.42. The monoisotopic (exact) mass is 273 g/mol. The van der Waals surface area contributed by atoms with Crippen molar-refractivity contribution in [1.82, 2.24) is 10.1 Å². The normalized spacial score (nSPS) is 18.5. The van der Waals surface area contributed by atoms with E-state index in [4.69, 9.17) is 15.0 Å². The number of ether oxygens (including phenoxy) is 1. The summed E-state index contributed by atoms with van der Waals surface area (Å²) in [5.74, 6) is 1.11. The van der Waals surface area contributed by atoms with Crippen molar-refractivity contribution in [3.63, 3.8) is 0 Å². The number of nitrogens with zero attached hydrogens (tertiary/aromatic N) is 2. The van der Waals surface area contributed by atoms with Gasteiger partial charge in [0.05, 0.1) is 6.04 Å². The van der Waals surface area contributed by atoms with Crippen LogP contribution in [0.2, 0.25) is 0 Å². The predicted molar refractivity (Wildman–Crippen MR) is 73.9 cm³/mol. The van der Waals surface area contributed by atoms with E-state index in [-0.39, 0.29) is 11.6 Å². The first kappa shape index (κ1) is 13.3. The van der Waals surface area contributed by atoms with Crippen LogP contribution in [0, 0.1) is 0 Å². The van der Waals surface area contributed by atoms with Crippen LogP contribution >= 0.6 is 0 Å². The van der Waals surface area contributed by atoms with Crippen molar-refractivity contribution in [3.8, 4) is 0 Å². The van der Waals surface area contributed by atoms with Gasteiger partial charge >= 0.3 is 0 Å². The molecule has 0 saturated heterocycles. The van der Waals surface area contributed by atoms with Crippen molar-refractivity contribution in [2.24, 2.45) is 5.73 Å². The molecule has 106 valence electrons. The third kappa shape index (κ3) is 2.34. The molecule has 1 saturated carbocycles. The minimum atomic E-state index is -0.353. The number of rotatable bonds is 5. The zero-order valence-corrected chi connectivity index (χ0v) is 11.6. The van der Waals surface area contributed by atoms with Crippen LogP contribution in [0.25, 0.3) is 0 Å². The molecule has 1 atom stereocenters. The Bertz CT molecular complexity index is 558. The van der Waals surface area contributed by atoms with Gasteiger partial charge in [-0.05, 0) is 31.2 Å². The number of aromatic nitrogens is 2. The highest BCUT2D eigenvalue weighted by Gasteiger charge is 2.43. The Labute approximate surface area is 118 Å². The van der Waals surface area contributed by atoms with E-state index in [2.05, 4.69) is 10.1 Å². The molecule has 2 aromatic rings. The van der Waals surface area contributed by atoms with E-state index < -0.39 is 0 Å². The summed E-state index contributed by atoms with van der Waals surface area (Å²) in [6, 6.07) is 9.77. The number of hydrogen-bond donors (Lipinski definition) is 1. The lowest BCUT2D eigenvalue weighted by Gasteiger charge is -2.37. The van der Waals surface area contributed by atoms with Crippen LogP contribution in [0.4, 0.5) is 0 Å². The van der Waals surface area contributed by atoms with Gasteiger partial charge in [0.2, 0.25) is 11.7 Å². The van der Waals surface area contributed by atoms with Crippen LogP contribution in [-0.4, -0.2) is 17.3 Å². The molecule has 5 heteroatoms. The molecule has 2 N–H and O–H groups in total. The molecule has 1 aliphatic rings. The van der Waals surface area contributed by atoms with Crippen LogP contribution in [0.15, 0.2) is 34.9 Å². The molecule has 1 aliphatic carbocycles. The number of hydrogen-bond acceptors (Lipinski definition) is 5. The molecule has 0 aliphatic heterocycles. The molecule has 1 heterocycles. The Morgan fingerprint density at radius 3 is 2.70 bits per heavy atom. The molecule has 0 bridgehead atoms. The fourth-order valence-corrected chi connectivity index (χ4v) is 2.54. The zero-order valence-electron chi connectivity index (χ0n) is 11.6. The zero-order chi connectivity index (χ0) is 14.0. The van der Waals surface area contributed by atoms with Gasteiger partial charge in [-0.25, -0.2) is 0 Å². The van der Waals surface area contributed by atoms with E-state index in [1.54, 1.807) is 7.11 Å². The summed E-state index contributed by atoms with van der Waals surface area (Å²) in [6.45, 7) is 0. The van der Waals surface area contributed by atoms with E-state index in [9.17, 15) is 0 Å². The molecule has 0 amide bonds. The van der Waals surface area contributed by atoms with Crippen molar-refractivity contribution in [2.75, 3.05) is 7.11 Å². The maximum atomic E-state index is 6.15. The van der Waals surface area contributed by atoms with Gasteiger partial charge in [-0.2, -0.15) is 4.98 Å². The topological polar surface area (TPSA) is 74.2 Å². The van der Waals surface area contributed by atoms with Gasteiger partial charge in [-0.1, -0.05) is 35.5 Å². The Morgan fingerprint density at radius 2 is 2.10 bits per heavy atom. The van der Waals surface area contributed by atoms with Gasteiger partial charge in [-0.3, -0.25) is 0 Å². The summed E-state index contributed by atoms with van der Waals surface area (Å²) < 4.78 is 10.9. The van der Waals surface area contributed by atoms with Crippen molar-refractivity contribution in [2.45, 2.75) is 37.3 Å². The maximum absolute atomic E-state index is 6.15. The van der Waals surface area contributed by atoms with E-state index in [1.165, 1.54) is 0 Å². The second-order valence-corrected chi connectivity index (χ2v) is 5.30. The van der Waals surface area contributed by atoms with Gasteiger partial charge in [-0.15, -0.1) is 0 Å². The Balaban J connectivity index is 1.73. The lowest BCUT2D eigenvalue weighted by molar-refractivity contribution is -0.0858. The molecule has 20 heavy (non-hydrogen) atoms. The van der Waals surface area contributed by atoms with Crippen LogP contribution in [0.1, 0.15) is 42.6 Å². The second-order valence-electron chi connectivity index (χ2n) is 5.30. The van der Waals surface area contributed by atoms with Crippen molar-refractivity contribution < 1.29 is 9.26 Å². The maximum Gasteiger partial charge on any atom is 0.244 e. The quantitative estimate of drug-likeness (QED) is 0.905. The van der Waals surface area contributed by atoms with Crippen molar-refractivity contribution in [1.29, 1.82) is 0 Å². The Kier molecular flexibility index (Phi) is 3.54. The van der Waals surface area contributed by atoms with Gasteiger partial charge in [0.25, 0.3) is 0 Å². The third-order valence-corrected chi connectivity index (χ3v) is 4.02. The number of methoxy groups -OCH3 is 1. The minimum Gasteiger partial charge on any atom is -0.370 e. The predicted octanol–water partition coefficient (Wildman–Crippen LogP) is 2.34. The molecule has 1 aromatic heterocycles. The van der Waals surface area contributed by atoms with E-state index in [0.717, 1.165) is 24.8 Å². The first-order chi connectivity index (χ1) is 9.73. The van der Waals surface area contributed by atoms with E-state index >= 15 is 0 Å².